The van der Waals surface area contributed by atoms with Crippen LogP contribution in [0, 0.1) is 0 Å². The van der Waals surface area contributed by atoms with E-state index in [9.17, 15) is 4.79 Å². The van der Waals surface area contributed by atoms with Crippen molar-refractivity contribution in [3.63, 3.8) is 0 Å². The van der Waals surface area contributed by atoms with Crippen molar-refractivity contribution in [2.75, 3.05) is 58.9 Å². The zero-order valence-corrected chi connectivity index (χ0v) is 18.2. The third-order valence-electron chi connectivity index (χ3n) is 6.60. The first kappa shape index (κ1) is 20.4. The van der Waals surface area contributed by atoms with E-state index in [4.69, 9.17) is 0 Å². The third kappa shape index (κ3) is 4.65. The number of rotatable bonds is 5. The molecular weight excluding hydrogens is 362 g/mol. The van der Waals surface area contributed by atoms with Gasteiger partial charge in [0.2, 0.25) is 5.91 Å². The Morgan fingerprint density at radius 2 is 1.62 bits per heavy atom. The number of benzene rings is 1. The lowest BCUT2D eigenvalue weighted by Gasteiger charge is -2.39. The van der Waals surface area contributed by atoms with Gasteiger partial charge in [0.1, 0.15) is 0 Å². The summed E-state index contributed by atoms with van der Waals surface area (Å²) in [5, 5.41) is 1.30. The molecule has 1 amide bonds. The molecule has 2 fully saturated rings. The molecule has 0 bridgehead atoms. The molecule has 6 nitrogen and oxygen atoms in total. The molecule has 3 heterocycles. The first-order chi connectivity index (χ1) is 14.0. The van der Waals surface area contributed by atoms with Crippen LogP contribution in [0.3, 0.4) is 0 Å². The minimum absolute atomic E-state index is 0.298. The Labute approximate surface area is 174 Å². The predicted molar refractivity (Wildman–Crippen MR) is 118 cm³/mol. The lowest BCUT2D eigenvalue weighted by molar-refractivity contribution is -0.134. The van der Waals surface area contributed by atoms with Gasteiger partial charge in [-0.05, 0) is 30.9 Å². The van der Waals surface area contributed by atoms with E-state index in [1.54, 1.807) is 0 Å². The Morgan fingerprint density at radius 1 is 0.931 bits per heavy atom. The number of hydrogen-bond donors (Lipinski definition) is 0. The molecule has 158 valence electrons. The van der Waals surface area contributed by atoms with Crippen LogP contribution >= 0.6 is 0 Å². The number of carbonyl (C=O) groups is 1. The van der Waals surface area contributed by atoms with Crippen molar-refractivity contribution in [2.45, 2.75) is 26.4 Å². The molecule has 29 heavy (non-hydrogen) atoms. The van der Waals surface area contributed by atoms with E-state index in [0.29, 0.717) is 18.5 Å². The van der Waals surface area contributed by atoms with Crippen LogP contribution in [0.25, 0.3) is 10.9 Å². The summed E-state index contributed by atoms with van der Waals surface area (Å²) in [7, 11) is 2.11. The number of nitrogens with zero attached hydrogens (tertiary/aromatic N) is 5. The standard InChI is InChI=1S/C23H35N5O/c1-19(2)27-13-9-26(10-14-27)18-22(29)28-15-11-25(12-16-28)17-21-6-4-5-20-7-8-24(3)23(20)21/h4-8,19H,9-18H2,1-3H3. The molecule has 0 atom stereocenters. The first-order valence-corrected chi connectivity index (χ1v) is 11.0. The molecule has 2 aliphatic rings. The van der Waals surface area contributed by atoms with Gasteiger partial charge in [0.25, 0.3) is 0 Å². The lowest BCUT2D eigenvalue weighted by Crippen LogP contribution is -2.54. The quantitative estimate of drug-likeness (QED) is 0.771. The Kier molecular flexibility index (Phi) is 6.23. The first-order valence-electron chi connectivity index (χ1n) is 11.0. The fourth-order valence-corrected chi connectivity index (χ4v) is 4.70. The normalized spacial score (nSPS) is 20.1. The summed E-state index contributed by atoms with van der Waals surface area (Å²) in [6.07, 6.45) is 2.13. The second kappa shape index (κ2) is 8.86. The van der Waals surface area contributed by atoms with E-state index >= 15 is 0 Å². The molecule has 1 aromatic heterocycles. The summed E-state index contributed by atoms with van der Waals surface area (Å²) >= 11 is 0. The summed E-state index contributed by atoms with van der Waals surface area (Å²) in [5.74, 6) is 0.298. The zero-order valence-electron chi connectivity index (χ0n) is 18.2. The molecule has 0 N–H and O–H groups in total. The Morgan fingerprint density at radius 3 is 2.31 bits per heavy atom. The molecule has 6 heteroatoms. The number of amides is 1. The molecule has 0 unspecified atom stereocenters. The third-order valence-corrected chi connectivity index (χ3v) is 6.60. The van der Waals surface area contributed by atoms with E-state index in [1.807, 2.05) is 0 Å². The topological polar surface area (TPSA) is 35.0 Å². The molecule has 0 saturated carbocycles. The summed E-state index contributed by atoms with van der Waals surface area (Å²) in [6.45, 7) is 13.8. The zero-order chi connectivity index (χ0) is 20.4. The van der Waals surface area contributed by atoms with Gasteiger partial charge in [-0.25, -0.2) is 0 Å². The van der Waals surface area contributed by atoms with Crippen LogP contribution in [-0.2, 0) is 18.4 Å². The van der Waals surface area contributed by atoms with E-state index in [1.165, 1.54) is 16.5 Å². The lowest BCUT2D eigenvalue weighted by atomic mass is 10.1. The highest BCUT2D eigenvalue weighted by molar-refractivity contribution is 5.83. The number of carbonyl (C=O) groups excluding carboxylic acids is 1. The number of fused-ring (bicyclic) bond motifs is 1. The van der Waals surface area contributed by atoms with E-state index in [0.717, 1.165) is 58.9 Å². The molecule has 2 aliphatic heterocycles. The van der Waals surface area contributed by atoms with Gasteiger partial charge in [0.05, 0.1) is 12.1 Å². The van der Waals surface area contributed by atoms with Crippen molar-refractivity contribution in [3.05, 3.63) is 36.0 Å². The average molecular weight is 398 g/mol. The summed E-state index contributed by atoms with van der Waals surface area (Å²) in [4.78, 5) is 22.1. The number of para-hydroxylation sites is 1. The monoisotopic (exact) mass is 397 g/mol. The molecule has 0 aliphatic carbocycles. The number of piperazine rings is 2. The van der Waals surface area contributed by atoms with E-state index in [-0.39, 0.29) is 0 Å². The van der Waals surface area contributed by atoms with Gasteiger partial charge >= 0.3 is 0 Å². The predicted octanol–water partition coefficient (Wildman–Crippen LogP) is 1.85. The van der Waals surface area contributed by atoms with Gasteiger partial charge in [-0.3, -0.25) is 19.5 Å². The van der Waals surface area contributed by atoms with Crippen LogP contribution in [0.1, 0.15) is 19.4 Å². The van der Waals surface area contributed by atoms with E-state index < -0.39 is 0 Å². The fourth-order valence-electron chi connectivity index (χ4n) is 4.70. The van der Waals surface area contributed by atoms with Gasteiger partial charge in [0.15, 0.2) is 0 Å². The second-order valence-corrected chi connectivity index (χ2v) is 8.84. The highest BCUT2D eigenvalue weighted by Gasteiger charge is 2.25. The second-order valence-electron chi connectivity index (χ2n) is 8.84. The van der Waals surface area contributed by atoms with Crippen LogP contribution in [0.2, 0.25) is 0 Å². The van der Waals surface area contributed by atoms with Gasteiger partial charge in [0, 0.05) is 78.2 Å². The van der Waals surface area contributed by atoms with Crippen molar-refractivity contribution in [1.29, 1.82) is 0 Å². The van der Waals surface area contributed by atoms with Crippen LogP contribution in [0.5, 0.6) is 0 Å². The maximum absolute atomic E-state index is 12.8. The number of hydrogen-bond acceptors (Lipinski definition) is 4. The molecular formula is C23H35N5O. The van der Waals surface area contributed by atoms with Gasteiger partial charge in [-0.1, -0.05) is 18.2 Å². The van der Waals surface area contributed by atoms with Crippen LogP contribution < -0.4 is 0 Å². The van der Waals surface area contributed by atoms with Crippen LogP contribution in [-0.4, -0.2) is 95.0 Å². The van der Waals surface area contributed by atoms with Crippen molar-refractivity contribution >= 4 is 16.8 Å². The van der Waals surface area contributed by atoms with Gasteiger partial charge < -0.3 is 9.47 Å². The fraction of sp³-hybridized carbons (Fsp3) is 0.609. The minimum atomic E-state index is 0.298. The Bertz CT molecular complexity index is 829. The molecule has 0 spiro atoms. The molecule has 0 radical (unpaired) electrons. The van der Waals surface area contributed by atoms with Crippen molar-refractivity contribution in [1.82, 2.24) is 24.2 Å². The Hall–Kier alpha value is -1.89. The summed E-state index contributed by atoms with van der Waals surface area (Å²) in [6, 6.07) is 9.34. The van der Waals surface area contributed by atoms with Crippen molar-refractivity contribution in [2.24, 2.45) is 7.05 Å². The van der Waals surface area contributed by atoms with Gasteiger partial charge in [-0.2, -0.15) is 0 Å². The van der Waals surface area contributed by atoms with Crippen molar-refractivity contribution < 1.29 is 4.79 Å². The number of aryl methyl sites for hydroxylation is 1. The maximum Gasteiger partial charge on any atom is 0.236 e. The number of aromatic nitrogens is 1. The Balaban J connectivity index is 1.26. The highest BCUT2D eigenvalue weighted by Crippen LogP contribution is 2.21. The van der Waals surface area contributed by atoms with Crippen LogP contribution in [0.4, 0.5) is 0 Å². The maximum atomic E-state index is 12.8. The largest absolute Gasteiger partial charge is 0.350 e. The highest BCUT2D eigenvalue weighted by atomic mass is 16.2. The van der Waals surface area contributed by atoms with Crippen molar-refractivity contribution in [3.8, 4) is 0 Å². The smallest absolute Gasteiger partial charge is 0.236 e. The molecule has 4 rings (SSSR count). The summed E-state index contributed by atoms with van der Waals surface area (Å²) in [5.41, 5.74) is 2.70. The molecule has 2 aromatic rings. The molecule has 2 saturated heterocycles. The van der Waals surface area contributed by atoms with Crippen LogP contribution in [0.15, 0.2) is 30.5 Å². The molecule has 1 aromatic carbocycles. The minimum Gasteiger partial charge on any atom is -0.350 e. The van der Waals surface area contributed by atoms with E-state index in [2.05, 4.69) is 75.5 Å². The average Bonchev–Trinajstić information content (AvgIpc) is 3.11. The summed E-state index contributed by atoms with van der Waals surface area (Å²) < 4.78 is 2.21. The van der Waals surface area contributed by atoms with Gasteiger partial charge in [-0.15, -0.1) is 0 Å². The SMILES string of the molecule is CC(C)N1CCN(CC(=O)N2CCN(Cc3cccc4ccn(C)c34)CC2)CC1.